The quantitative estimate of drug-likeness (QED) is 0.619. The highest BCUT2D eigenvalue weighted by Gasteiger charge is 2.17. The highest BCUT2D eigenvalue weighted by molar-refractivity contribution is 9.10. The summed E-state index contributed by atoms with van der Waals surface area (Å²) in [5.74, 6) is 7.38. The van der Waals surface area contributed by atoms with Crippen molar-refractivity contribution in [2.45, 2.75) is 13.0 Å². The van der Waals surface area contributed by atoms with Crippen molar-refractivity contribution in [2.75, 3.05) is 13.7 Å². The summed E-state index contributed by atoms with van der Waals surface area (Å²) in [5.41, 5.74) is 4.89. The van der Waals surface area contributed by atoms with Crippen molar-refractivity contribution in [3.63, 3.8) is 0 Å². The van der Waals surface area contributed by atoms with E-state index >= 15 is 0 Å². The van der Waals surface area contributed by atoms with Gasteiger partial charge in [0.05, 0.1) is 19.8 Å². The molecule has 3 N–H and O–H groups in total. The summed E-state index contributed by atoms with van der Waals surface area (Å²) in [6, 6.07) is 13.5. The Balaban J connectivity index is 2.41. The van der Waals surface area contributed by atoms with Crippen LogP contribution in [0.1, 0.15) is 24.1 Å². The molecule has 0 aliphatic heterocycles. The lowest BCUT2D eigenvalue weighted by atomic mass is 9.99. The van der Waals surface area contributed by atoms with Crippen LogP contribution in [0.4, 0.5) is 0 Å². The van der Waals surface area contributed by atoms with E-state index in [1.165, 1.54) is 0 Å². The van der Waals surface area contributed by atoms with E-state index in [0.717, 1.165) is 27.1 Å². The fraction of sp³-hybridized carbons (Fsp3) is 0.250. The van der Waals surface area contributed by atoms with E-state index in [4.69, 9.17) is 15.3 Å². The number of halogens is 1. The maximum atomic E-state index is 5.77. The van der Waals surface area contributed by atoms with Crippen molar-refractivity contribution in [3.05, 3.63) is 58.1 Å². The molecule has 0 fully saturated rings. The van der Waals surface area contributed by atoms with Crippen LogP contribution >= 0.6 is 15.9 Å². The average molecular weight is 351 g/mol. The van der Waals surface area contributed by atoms with E-state index in [9.17, 15) is 0 Å². The zero-order chi connectivity index (χ0) is 15.2. The van der Waals surface area contributed by atoms with Crippen molar-refractivity contribution in [2.24, 2.45) is 5.84 Å². The lowest BCUT2D eigenvalue weighted by Crippen LogP contribution is -2.29. The molecular formula is C16H19BrN2O2. The van der Waals surface area contributed by atoms with E-state index in [0.29, 0.717) is 6.61 Å². The predicted molar refractivity (Wildman–Crippen MR) is 87.5 cm³/mol. The Labute approximate surface area is 133 Å². The van der Waals surface area contributed by atoms with Gasteiger partial charge in [-0.2, -0.15) is 0 Å². The van der Waals surface area contributed by atoms with Gasteiger partial charge in [0.2, 0.25) is 0 Å². The molecule has 4 nitrogen and oxygen atoms in total. The number of rotatable bonds is 6. The molecule has 21 heavy (non-hydrogen) atoms. The number of benzene rings is 2. The molecule has 2 rings (SSSR count). The molecule has 0 aromatic heterocycles. The number of methoxy groups -OCH3 is 1. The molecular weight excluding hydrogens is 332 g/mol. The molecule has 1 atom stereocenters. The van der Waals surface area contributed by atoms with Gasteiger partial charge in [0.25, 0.3) is 0 Å². The smallest absolute Gasteiger partial charge is 0.119 e. The van der Waals surface area contributed by atoms with Gasteiger partial charge in [-0.25, -0.2) is 5.43 Å². The summed E-state index contributed by atoms with van der Waals surface area (Å²) in [6.07, 6.45) is 0. The minimum Gasteiger partial charge on any atom is -0.497 e. The second kappa shape index (κ2) is 7.45. The number of ether oxygens (including phenoxy) is 2. The SMILES string of the molecule is CCOc1cccc(C(NN)c2cc(OC)ccc2Br)c1. The first kappa shape index (κ1) is 15.8. The molecule has 1 unspecified atom stereocenters. The number of hydrogen-bond acceptors (Lipinski definition) is 4. The van der Waals surface area contributed by atoms with Crippen LogP contribution in [0.25, 0.3) is 0 Å². The van der Waals surface area contributed by atoms with Gasteiger partial charge in [0.1, 0.15) is 11.5 Å². The maximum Gasteiger partial charge on any atom is 0.119 e. The third kappa shape index (κ3) is 3.75. The minimum absolute atomic E-state index is 0.158. The zero-order valence-corrected chi connectivity index (χ0v) is 13.7. The Hall–Kier alpha value is -1.56. The van der Waals surface area contributed by atoms with Gasteiger partial charge in [0, 0.05) is 4.47 Å². The summed E-state index contributed by atoms with van der Waals surface area (Å²) >= 11 is 3.57. The van der Waals surface area contributed by atoms with Crippen molar-refractivity contribution in [1.82, 2.24) is 5.43 Å². The molecule has 0 amide bonds. The molecule has 0 aliphatic rings. The monoisotopic (exact) mass is 350 g/mol. The van der Waals surface area contributed by atoms with Gasteiger partial charge in [-0.05, 0) is 48.4 Å². The van der Waals surface area contributed by atoms with Crippen molar-refractivity contribution in [1.29, 1.82) is 0 Å². The Morgan fingerprint density at radius 3 is 2.67 bits per heavy atom. The molecule has 0 aliphatic carbocycles. The van der Waals surface area contributed by atoms with Crippen LogP contribution in [0.2, 0.25) is 0 Å². The Morgan fingerprint density at radius 1 is 1.19 bits per heavy atom. The van der Waals surface area contributed by atoms with E-state index in [1.54, 1.807) is 7.11 Å². The van der Waals surface area contributed by atoms with Gasteiger partial charge in [-0.3, -0.25) is 5.84 Å². The van der Waals surface area contributed by atoms with Crippen LogP contribution in [-0.2, 0) is 0 Å². The molecule has 0 bridgehead atoms. The summed E-state index contributed by atoms with van der Waals surface area (Å²) in [5, 5.41) is 0. The standard InChI is InChI=1S/C16H19BrN2O2/c1-3-21-13-6-4-5-11(9-13)16(19-18)14-10-12(20-2)7-8-15(14)17/h4-10,16,19H,3,18H2,1-2H3. The van der Waals surface area contributed by atoms with Crippen molar-refractivity contribution < 1.29 is 9.47 Å². The lowest BCUT2D eigenvalue weighted by molar-refractivity contribution is 0.339. The van der Waals surface area contributed by atoms with Crippen molar-refractivity contribution >= 4 is 15.9 Å². The molecule has 112 valence electrons. The van der Waals surface area contributed by atoms with Gasteiger partial charge in [-0.15, -0.1) is 0 Å². The molecule has 0 heterocycles. The van der Waals surface area contributed by atoms with E-state index in [2.05, 4.69) is 21.4 Å². The molecule has 2 aromatic carbocycles. The Morgan fingerprint density at radius 2 is 2.00 bits per heavy atom. The van der Waals surface area contributed by atoms with Gasteiger partial charge >= 0.3 is 0 Å². The Kier molecular flexibility index (Phi) is 5.61. The van der Waals surface area contributed by atoms with Gasteiger partial charge in [0.15, 0.2) is 0 Å². The first-order valence-electron chi connectivity index (χ1n) is 6.72. The zero-order valence-electron chi connectivity index (χ0n) is 12.1. The molecule has 0 saturated carbocycles. The van der Waals surface area contributed by atoms with Crippen LogP contribution < -0.4 is 20.7 Å². The van der Waals surface area contributed by atoms with E-state index in [1.807, 2.05) is 49.4 Å². The first-order chi connectivity index (χ1) is 10.2. The maximum absolute atomic E-state index is 5.77. The van der Waals surface area contributed by atoms with E-state index in [-0.39, 0.29) is 6.04 Å². The number of hydrazine groups is 1. The third-order valence-electron chi connectivity index (χ3n) is 3.18. The van der Waals surface area contributed by atoms with Crippen LogP contribution in [0.5, 0.6) is 11.5 Å². The van der Waals surface area contributed by atoms with E-state index < -0.39 is 0 Å². The number of nitrogens with one attached hydrogen (secondary N) is 1. The van der Waals surface area contributed by atoms with Crippen LogP contribution in [0.3, 0.4) is 0 Å². The second-order valence-corrected chi connectivity index (χ2v) is 5.35. The summed E-state index contributed by atoms with van der Waals surface area (Å²) in [6.45, 7) is 2.59. The molecule has 5 heteroatoms. The fourth-order valence-corrected chi connectivity index (χ4v) is 2.66. The number of hydrogen-bond donors (Lipinski definition) is 2. The predicted octanol–water partition coefficient (Wildman–Crippen LogP) is 3.41. The molecule has 0 saturated heterocycles. The average Bonchev–Trinajstić information content (AvgIpc) is 2.51. The van der Waals surface area contributed by atoms with Crippen molar-refractivity contribution in [3.8, 4) is 11.5 Å². The van der Waals surface area contributed by atoms with Crippen LogP contribution in [0.15, 0.2) is 46.9 Å². The topological polar surface area (TPSA) is 56.5 Å². The molecule has 0 radical (unpaired) electrons. The largest absolute Gasteiger partial charge is 0.497 e. The molecule has 2 aromatic rings. The molecule has 0 spiro atoms. The normalized spacial score (nSPS) is 12.0. The third-order valence-corrected chi connectivity index (χ3v) is 3.91. The minimum atomic E-state index is -0.158. The van der Waals surface area contributed by atoms with Gasteiger partial charge in [-0.1, -0.05) is 28.1 Å². The highest BCUT2D eigenvalue weighted by Crippen LogP contribution is 2.32. The first-order valence-corrected chi connectivity index (χ1v) is 7.51. The summed E-state index contributed by atoms with van der Waals surface area (Å²) < 4.78 is 11.8. The van der Waals surface area contributed by atoms with Crippen LogP contribution in [0, 0.1) is 0 Å². The van der Waals surface area contributed by atoms with Crippen LogP contribution in [-0.4, -0.2) is 13.7 Å². The second-order valence-electron chi connectivity index (χ2n) is 4.49. The van der Waals surface area contributed by atoms with Gasteiger partial charge < -0.3 is 9.47 Å². The number of nitrogens with two attached hydrogens (primary N) is 1. The fourth-order valence-electron chi connectivity index (χ4n) is 2.19. The Bertz CT molecular complexity index is 605. The highest BCUT2D eigenvalue weighted by atomic mass is 79.9. The lowest BCUT2D eigenvalue weighted by Gasteiger charge is -2.20. The summed E-state index contributed by atoms with van der Waals surface area (Å²) in [7, 11) is 1.65. The summed E-state index contributed by atoms with van der Waals surface area (Å²) in [4.78, 5) is 0.